The topological polar surface area (TPSA) is 108 Å². The van der Waals surface area contributed by atoms with Gasteiger partial charge in [0.05, 0.1) is 17.0 Å². The fourth-order valence-corrected chi connectivity index (χ4v) is 5.14. The van der Waals surface area contributed by atoms with Gasteiger partial charge in [0.1, 0.15) is 0 Å². The Balaban J connectivity index is 1.95. The van der Waals surface area contributed by atoms with Crippen molar-refractivity contribution in [3.05, 3.63) is 0 Å². The lowest BCUT2D eigenvalue weighted by molar-refractivity contribution is -0.129. The minimum absolute atomic E-state index is 0.119. The Kier molecular flexibility index (Phi) is 6.31. The summed E-state index contributed by atoms with van der Waals surface area (Å²) in [5.74, 6) is 1.15. The fourth-order valence-electron chi connectivity index (χ4n) is 3.29. The van der Waals surface area contributed by atoms with Crippen molar-refractivity contribution in [2.24, 2.45) is 16.6 Å². The van der Waals surface area contributed by atoms with Gasteiger partial charge in [0, 0.05) is 39.3 Å². The average Bonchev–Trinajstić information content (AvgIpc) is 2.90. The summed E-state index contributed by atoms with van der Waals surface area (Å²) in [6.07, 6.45) is 0.700. The number of hydrogen-bond acceptors (Lipinski definition) is 5. The minimum atomic E-state index is -2.87. The normalized spacial score (nSPS) is 25.2. The predicted octanol–water partition coefficient (Wildman–Crippen LogP) is -0.732. The first-order chi connectivity index (χ1) is 11.7. The molecule has 1 atom stereocenters. The monoisotopic (exact) mass is 373 g/mol. The third kappa shape index (κ3) is 5.07. The number of rotatable bonds is 5. The Hall–Kier alpha value is -1.35. The van der Waals surface area contributed by atoms with Gasteiger partial charge < -0.3 is 16.0 Å². The van der Waals surface area contributed by atoms with Crippen molar-refractivity contribution in [3.63, 3.8) is 0 Å². The molecule has 2 saturated heterocycles. The first kappa shape index (κ1) is 20.0. The van der Waals surface area contributed by atoms with Crippen LogP contribution in [0.1, 0.15) is 27.2 Å². The highest BCUT2D eigenvalue weighted by Gasteiger charge is 2.35. The average molecular weight is 374 g/mol. The smallest absolute Gasteiger partial charge is 0.237 e. The van der Waals surface area contributed by atoms with Crippen LogP contribution in [0.25, 0.3) is 0 Å². The molecule has 0 spiro atoms. The van der Waals surface area contributed by atoms with Crippen LogP contribution < -0.4 is 11.1 Å². The third-order valence-corrected chi connectivity index (χ3v) is 6.97. The van der Waals surface area contributed by atoms with Gasteiger partial charge in [0.15, 0.2) is 15.8 Å². The van der Waals surface area contributed by atoms with Crippen LogP contribution in [0.15, 0.2) is 4.99 Å². The summed E-state index contributed by atoms with van der Waals surface area (Å²) in [5, 5.41) is 3.29. The second-order valence-corrected chi connectivity index (χ2v) is 9.59. The SMILES string of the molecule is CCNC(=NCC1CCS(=O)(=O)C1)N1CCN(C(C)(C)C(N)=O)CC1. The highest BCUT2D eigenvalue weighted by molar-refractivity contribution is 7.91. The molecule has 0 aromatic heterocycles. The summed E-state index contributed by atoms with van der Waals surface area (Å²) in [5.41, 5.74) is 4.85. The van der Waals surface area contributed by atoms with Crippen LogP contribution in [-0.4, -0.2) is 86.4 Å². The van der Waals surface area contributed by atoms with Crippen LogP contribution in [0.2, 0.25) is 0 Å². The lowest BCUT2D eigenvalue weighted by atomic mass is 10.0. The number of piperazine rings is 1. The number of guanidine groups is 1. The zero-order valence-electron chi connectivity index (χ0n) is 15.5. The van der Waals surface area contributed by atoms with E-state index in [1.807, 2.05) is 20.8 Å². The molecule has 0 radical (unpaired) electrons. The zero-order valence-corrected chi connectivity index (χ0v) is 16.3. The van der Waals surface area contributed by atoms with Gasteiger partial charge in [-0.2, -0.15) is 0 Å². The van der Waals surface area contributed by atoms with Gasteiger partial charge >= 0.3 is 0 Å². The van der Waals surface area contributed by atoms with Crippen molar-refractivity contribution in [1.29, 1.82) is 0 Å². The van der Waals surface area contributed by atoms with Gasteiger partial charge in [0.2, 0.25) is 5.91 Å². The molecule has 0 saturated carbocycles. The van der Waals surface area contributed by atoms with Gasteiger partial charge in [-0.05, 0) is 33.1 Å². The number of carbonyl (C=O) groups excluding carboxylic acids is 1. The van der Waals surface area contributed by atoms with E-state index in [1.165, 1.54) is 0 Å². The van der Waals surface area contributed by atoms with Crippen LogP contribution in [0.4, 0.5) is 0 Å². The van der Waals surface area contributed by atoms with Crippen LogP contribution in [-0.2, 0) is 14.6 Å². The maximum atomic E-state index is 11.6. The van der Waals surface area contributed by atoms with Gasteiger partial charge in [-0.15, -0.1) is 0 Å². The molecule has 1 amide bonds. The van der Waals surface area contributed by atoms with Crippen LogP contribution >= 0.6 is 0 Å². The van der Waals surface area contributed by atoms with E-state index in [0.29, 0.717) is 13.0 Å². The zero-order chi connectivity index (χ0) is 18.7. The van der Waals surface area contributed by atoms with Crippen molar-refractivity contribution < 1.29 is 13.2 Å². The Morgan fingerprint density at radius 3 is 2.40 bits per heavy atom. The van der Waals surface area contributed by atoms with Crippen LogP contribution in [0.5, 0.6) is 0 Å². The molecule has 1 unspecified atom stereocenters. The van der Waals surface area contributed by atoms with Gasteiger partial charge in [0.25, 0.3) is 0 Å². The third-order valence-electron chi connectivity index (χ3n) is 5.13. The maximum Gasteiger partial charge on any atom is 0.237 e. The van der Waals surface area contributed by atoms with Crippen molar-refractivity contribution in [2.45, 2.75) is 32.7 Å². The summed E-state index contributed by atoms with van der Waals surface area (Å²) in [6.45, 7) is 9.99. The molecule has 25 heavy (non-hydrogen) atoms. The Morgan fingerprint density at radius 1 is 1.28 bits per heavy atom. The molecule has 0 aromatic rings. The summed E-state index contributed by atoms with van der Waals surface area (Å²) in [4.78, 5) is 20.5. The quantitative estimate of drug-likeness (QED) is 0.486. The molecule has 3 N–H and O–H groups in total. The number of amides is 1. The van der Waals surface area contributed by atoms with Gasteiger partial charge in [-0.25, -0.2) is 8.42 Å². The Labute approximate surface area is 150 Å². The van der Waals surface area contributed by atoms with E-state index in [1.54, 1.807) is 0 Å². The first-order valence-electron chi connectivity index (χ1n) is 8.94. The molecule has 2 heterocycles. The molecule has 2 rings (SSSR count). The molecule has 2 fully saturated rings. The molecule has 2 aliphatic heterocycles. The largest absolute Gasteiger partial charge is 0.368 e. The molecule has 0 aliphatic carbocycles. The number of nitrogens with zero attached hydrogens (tertiary/aromatic N) is 3. The van der Waals surface area contributed by atoms with E-state index in [0.717, 1.165) is 38.7 Å². The standard InChI is InChI=1S/C16H31N5O3S/c1-4-18-15(19-11-13-5-10-25(23,24)12-13)20-6-8-21(9-7-20)16(2,3)14(17)22/h13H,4-12H2,1-3H3,(H2,17,22)(H,18,19). The lowest BCUT2D eigenvalue weighted by Crippen LogP contribution is -2.61. The van der Waals surface area contributed by atoms with Crippen molar-refractivity contribution in [3.8, 4) is 0 Å². The summed E-state index contributed by atoms with van der Waals surface area (Å²) < 4.78 is 23.2. The van der Waals surface area contributed by atoms with E-state index in [4.69, 9.17) is 5.73 Å². The number of hydrogen-bond donors (Lipinski definition) is 2. The van der Waals surface area contributed by atoms with E-state index < -0.39 is 15.4 Å². The molecular formula is C16H31N5O3S. The highest BCUT2D eigenvalue weighted by Crippen LogP contribution is 2.19. The van der Waals surface area contributed by atoms with Gasteiger partial charge in [-0.1, -0.05) is 0 Å². The summed E-state index contributed by atoms with van der Waals surface area (Å²) in [6, 6.07) is 0. The second-order valence-electron chi connectivity index (χ2n) is 7.36. The lowest BCUT2D eigenvalue weighted by Gasteiger charge is -2.43. The fraction of sp³-hybridized carbons (Fsp3) is 0.875. The number of sulfone groups is 1. The number of primary amides is 1. The van der Waals surface area contributed by atoms with Crippen molar-refractivity contribution in [2.75, 3.05) is 50.8 Å². The highest BCUT2D eigenvalue weighted by atomic mass is 32.2. The van der Waals surface area contributed by atoms with E-state index in [9.17, 15) is 13.2 Å². The molecular weight excluding hydrogens is 342 g/mol. The molecule has 0 aromatic carbocycles. The molecule has 0 bridgehead atoms. The van der Waals surface area contributed by atoms with Crippen molar-refractivity contribution >= 4 is 21.7 Å². The van der Waals surface area contributed by atoms with Gasteiger partial charge in [-0.3, -0.25) is 14.7 Å². The first-order valence-corrected chi connectivity index (χ1v) is 10.8. The summed E-state index contributed by atoms with van der Waals surface area (Å²) in [7, 11) is -2.87. The number of nitrogens with one attached hydrogen (secondary N) is 1. The molecule has 9 heteroatoms. The maximum absolute atomic E-state index is 11.6. The van der Waals surface area contributed by atoms with Crippen LogP contribution in [0, 0.1) is 5.92 Å². The Bertz CT molecular complexity index is 609. The number of nitrogens with two attached hydrogens (primary N) is 1. The molecule has 144 valence electrons. The molecule has 2 aliphatic rings. The molecule has 8 nitrogen and oxygen atoms in total. The summed E-state index contributed by atoms with van der Waals surface area (Å²) >= 11 is 0. The van der Waals surface area contributed by atoms with E-state index in [-0.39, 0.29) is 23.3 Å². The van der Waals surface area contributed by atoms with E-state index in [2.05, 4.69) is 20.1 Å². The van der Waals surface area contributed by atoms with Crippen LogP contribution in [0.3, 0.4) is 0 Å². The minimum Gasteiger partial charge on any atom is -0.368 e. The van der Waals surface area contributed by atoms with Crippen molar-refractivity contribution in [1.82, 2.24) is 15.1 Å². The Morgan fingerprint density at radius 2 is 1.92 bits per heavy atom. The second kappa shape index (κ2) is 7.90. The number of carbonyl (C=O) groups is 1. The number of aliphatic imine (C=N–C) groups is 1. The van der Waals surface area contributed by atoms with E-state index >= 15 is 0 Å². The predicted molar refractivity (Wildman–Crippen MR) is 99.2 cm³/mol.